The van der Waals surface area contributed by atoms with Crippen molar-refractivity contribution in [2.45, 2.75) is 32.2 Å². The summed E-state index contributed by atoms with van der Waals surface area (Å²) in [6.45, 7) is -0.0854. The first-order chi connectivity index (χ1) is 12.6. The quantitative estimate of drug-likeness (QED) is 0.694. The molecule has 2 amide bonds. The van der Waals surface area contributed by atoms with Crippen LogP contribution in [0.2, 0.25) is 0 Å². The number of hydrogen-bond donors (Lipinski definition) is 2. The normalized spacial score (nSPS) is 13.4. The molecule has 1 aliphatic rings. The van der Waals surface area contributed by atoms with Crippen LogP contribution in [0.25, 0.3) is 11.4 Å². The van der Waals surface area contributed by atoms with E-state index in [2.05, 4.69) is 20.7 Å². The van der Waals surface area contributed by atoms with Gasteiger partial charge in [0.15, 0.2) is 0 Å². The van der Waals surface area contributed by atoms with E-state index in [-0.39, 0.29) is 12.5 Å². The van der Waals surface area contributed by atoms with E-state index in [1.54, 1.807) is 0 Å². The number of aryl methyl sites for hydroxylation is 1. The highest BCUT2D eigenvalue weighted by Crippen LogP contribution is 2.37. The molecule has 0 aliphatic heterocycles. The van der Waals surface area contributed by atoms with E-state index in [0.29, 0.717) is 16.4 Å². The topological polar surface area (TPSA) is 116 Å². The van der Waals surface area contributed by atoms with Crippen LogP contribution in [0.3, 0.4) is 0 Å². The van der Waals surface area contributed by atoms with Gasteiger partial charge in [-0.25, -0.2) is 0 Å². The zero-order valence-electron chi connectivity index (χ0n) is 13.8. The summed E-state index contributed by atoms with van der Waals surface area (Å²) < 4.78 is 0. The van der Waals surface area contributed by atoms with Crippen LogP contribution in [0.5, 0.6) is 0 Å². The zero-order chi connectivity index (χ0) is 18.1. The molecule has 0 bridgehead atoms. The predicted octanol–water partition coefficient (Wildman–Crippen LogP) is 2.08. The molecule has 0 aromatic carbocycles. The van der Waals surface area contributed by atoms with Crippen LogP contribution in [-0.2, 0) is 24.2 Å². The Balaban J connectivity index is 1.50. The number of hydrogen-bond acceptors (Lipinski definition) is 7. The van der Waals surface area contributed by atoms with Gasteiger partial charge in [0.1, 0.15) is 11.5 Å². The Morgan fingerprint density at radius 3 is 2.92 bits per heavy atom. The van der Waals surface area contributed by atoms with Crippen molar-refractivity contribution in [1.82, 2.24) is 20.2 Å². The number of anilines is 1. The Hall–Kier alpha value is -2.59. The molecule has 3 aromatic heterocycles. The Bertz CT molecular complexity index is 960. The fourth-order valence-electron chi connectivity index (χ4n) is 3.03. The maximum Gasteiger partial charge on any atom is 0.251 e. The molecule has 0 saturated carbocycles. The van der Waals surface area contributed by atoms with Crippen LogP contribution < -0.4 is 11.1 Å². The molecule has 134 valence electrons. The Morgan fingerprint density at radius 1 is 1.31 bits per heavy atom. The summed E-state index contributed by atoms with van der Waals surface area (Å²) in [5, 5.41) is 19.2. The van der Waals surface area contributed by atoms with Crippen molar-refractivity contribution in [2.75, 3.05) is 5.32 Å². The van der Waals surface area contributed by atoms with Crippen LogP contribution in [0.15, 0.2) is 16.8 Å². The van der Waals surface area contributed by atoms with Gasteiger partial charge in [-0.05, 0) is 47.9 Å². The van der Waals surface area contributed by atoms with Gasteiger partial charge in [-0.1, -0.05) is 0 Å². The number of rotatable bonds is 5. The molecule has 0 saturated heterocycles. The lowest BCUT2D eigenvalue weighted by molar-refractivity contribution is -0.117. The lowest BCUT2D eigenvalue weighted by atomic mass is 9.95. The second-order valence-corrected chi connectivity index (χ2v) is 7.87. The van der Waals surface area contributed by atoms with Gasteiger partial charge in [0.25, 0.3) is 5.91 Å². The fraction of sp³-hybridized carbons (Fsp3) is 0.312. The van der Waals surface area contributed by atoms with E-state index in [1.807, 2.05) is 16.8 Å². The minimum atomic E-state index is -0.502. The molecule has 0 atom stereocenters. The van der Waals surface area contributed by atoms with E-state index >= 15 is 0 Å². The minimum absolute atomic E-state index is 0.0854. The second kappa shape index (κ2) is 6.96. The summed E-state index contributed by atoms with van der Waals surface area (Å²) in [6, 6.07) is 1.89. The number of nitrogens with zero attached hydrogens (tertiary/aromatic N) is 4. The third-order valence-corrected chi connectivity index (χ3v) is 6.08. The molecule has 26 heavy (non-hydrogen) atoms. The number of nitrogens with two attached hydrogens (primary N) is 1. The number of thiophene rings is 2. The lowest BCUT2D eigenvalue weighted by Gasteiger charge is -2.11. The fourth-order valence-corrected chi connectivity index (χ4v) is 4.97. The molecule has 3 N–H and O–H groups in total. The molecule has 3 aromatic rings. The van der Waals surface area contributed by atoms with E-state index in [9.17, 15) is 9.59 Å². The molecule has 10 heteroatoms. The van der Waals surface area contributed by atoms with E-state index in [1.165, 1.54) is 27.5 Å². The number of nitrogens with one attached hydrogen (secondary N) is 1. The van der Waals surface area contributed by atoms with E-state index in [0.717, 1.165) is 41.7 Å². The van der Waals surface area contributed by atoms with Gasteiger partial charge in [-0.3, -0.25) is 9.59 Å². The Labute approximate surface area is 157 Å². The average molecular weight is 388 g/mol. The van der Waals surface area contributed by atoms with Crippen molar-refractivity contribution in [3.8, 4) is 11.4 Å². The maximum absolute atomic E-state index is 12.4. The molecule has 1 aliphatic carbocycles. The van der Waals surface area contributed by atoms with Gasteiger partial charge in [-0.15, -0.1) is 21.5 Å². The van der Waals surface area contributed by atoms with Gasteiger partial charge < -0.3 is 11.1 Å². The van der Waals surface area contributed by atoms with Crippen molar-refractivity contribution >= 4 is 39.5 Å². The largest absolute Gasteiger partial charge is 0.365 e. The summed E-state index contributed by atoms with van der Waals surface area (Å²) >= 11 is 2.97. The predicted molar refractivity (Wildman–Crippen MR) is 99.2 cm³/mol. The standard InChI is InChI=1S/C16H16N6O2S2/c17-14(24)13-10-3-1-2-4-11(10)26-16(13)18-12(23)7-22-20-15(19-21-22)9-5-6-25-8-9/h5-6,8H,1-4,7H2,(H2,17,24)(H,18,23). The third kappa shape index (κ3) is 3.25. The highest BCUT2D eigenvalue weighted by Gasteiger charge is 2.25. The Morgan fingerprint density at radius 2 is 2.15 bits per heavy atom. The summed E-state index contributed by atoms with van der Waals surface area (Å²) in [4.78, 5) is 26.6. The van der Waals surface area contributed by atoms with Crippen LogP contribution in [0.1, 0.15) is 33.6 Å². The van der Waals surface area contributed by atoms with Gasteiger partial charge in [0, 0.05) is 15.8 Å². The Kier molecular flexibility index (Phi) is 4.51. The van der Waals surface area contributed by atoms with Crippen LogP contribution in [-0.4, -0.2) is 32.0 Å². The third-order valence-electron chi connectivity index (χ3n) is 4.19. The molecule has 0 fully saturated rings. The second-order valence-electron chi connectivity index (χ2n) is 5.98. The molecule has 0 radical (unpaired) electrons. The summed E-state index contributed by atoms with van der Waals surface area (Å²) in [7, 11) is 0. The van der Waals surface area contributed by atoms with Crippen LogP contribution in [0, 0.1) is 0 Å². The molecular weight excluding hydrogens is 372 g/mol. The number of primary amides is 1. The molecule has 4 rings (SSSR count). The minimum Gasteiger partial charge on any atom is -0.365 e. The van der Waals surface area contributed by atoms with Gasteiger partial charge >= 0.3 is 0 Å². The molecular formula is C16H16N6O2S2. The summed E-state index contributed by atoms with van der Waals surface area (Å²) in [5.41, 5.74) is 7.85. The van der Waals surface area contributed by atoms with E-state index in [4.69, 9.17) is 5.73 Å². The first kappa shape index (κ1) is 16.9. The molecule has 8 nitrogen and oxygen atoms in total. The van der Waals surface area contributed by atoms with Crippen molar-refractivity contribution in [2.24, 2.45) is 5.73 Å². The van der Waals surface area contributed by atoms with Crippen molar-refractivity contribution < 1.29 is 9.59 Å². The van der Waals surface area contributed by atoms with Crippen molar-refractivity contribution in [3.05, 3.63) is 32.8 Å². The number of aromatic nitrogens is 4. The van der Waals surface area contributed by atoms with E-state index < -0.39 is 5.91 Å². The summed E-state index contributed by atoms with van der Waals surface area (Å²) in [6.07, 6.45) is 3.87. The number of tetrazole rings is 1. The van der Waals surface area contributed by atoms with Gasteiger partial charge in [-0.2, -0.15) is 16.1 Å². The monoisotopic (exact) mass is 388 g/mol. The summed E-state index contributed by atoms with van der Waals surface area (Å²) in [5.74, 6) is -0.345. The molecule has 0 spiro atoms. The number of fused-ring (bicyclic) bond motifs is 1. The zero-order valence-corrected chi connectivity index (χ0v) is 15.4. The van der Waals surface area contributed by atoms with Crippen LogP contribution in [0.4, 0.5) is 5.00 Å². The maximum atomic E-state index is 12.4. The SMILES string of the molecule is NC(=O)c1c(NC(=O)Cn2nnc(-c3ccsc3)n2)sc2c1CCCC2. The van der Waals surface area contributed by atoms with Crippen molar-refractivity contribution in [1.29, 1.82) is 0 Å². The van der Waals surface area contributed by atoms with Gasteiger partial charge in [0.05, 0.1) is 5.56 Å². The first-order valence-electron chi connectivity index (χ1n) is 8.16. The van der Waals surface area contributed by atoms with Crippen molar-refractivity contribution in [3.63, 3.8) is 0 Å². The number of carbonyl (C=O) groups excluding carboxylic acids is 2. The number of carbonyl (C=O) groups is 2. The number of amides is 2. The first-order valence-corrected chi connectivity index (χ1v) is 9.92. The smallest absolute Gasteiger partial charge is 0.251 e. The van der Waals surface area contributed by atoms with Gasteiger partial charge in [0.2, 0.25) is 11.7 Å². The van der Waals surface area contributed by atoms with Crippen LogP contribution >= 0.6 is 22.7 Å². The highest BCUT2D eigenvalue weighted by molar-refractivity contribution is 7.17. The average Bonchev–Trinajstić information content (AvgIpc) is 3.33. The molecule has 3 heterocycles. The lowest BCUT2D eigenvalue weighted by Crippen LogP contribution is -2.22. The highest BCUT2D eigenvalue weighted by atomic mass is 32.1. The molecule has 0 unspecified atom stereocenters.